The molecule has 1 heterocycles. The van der Waals surface area contributed by atoms with E-state index < -0.39 is 0 Å². The summed E-state index contributed by atoms with van der Waals surface area (Å²) in [6.07, 6.45) is 13.0. The summed E-state index contributed by atoms with van der Waals surface area (Å²) in [5.74, 6) is 3.45. The predicted molar refractivity (Wildman–Crippen MR) is 153 cm³/mol. The van der Waals surface area contributed by atoms with Crippen molar-refractivity contribution in [1.29, 1.82) is 0 Å². The van der Waals surface area contributed by atoms with E-state index in [1.807, 2.05) is 86.8 Å². The number of allylic oxidation sites excluding steroid dienone is 5. The van der Waals surface area contributed by atoms with Crippen molar-refractivity contribution in [2.24, 2.45) is 0 Å². The lowest BCUT2D eigenvalue weighted by Gasteiger charge is -2.17. The number of anilines is 1. The van der Waals surface area contributed by atoms with Crippen molar-refractivity contribution < 1.29 is 14.2 Å². The maximum Gasteiger partial charge on any atom is 0.126 e. The molecule has 0 spiro atoms. The van der Waals surface area contributed by atoms with Gasteiger partial charge in [0.1, 0.15) is 30.5 Å². The third-order valence-electron chi connectivity index (χ3n) is 5.78. The molecule has 6 heteroatoms. The molecule has 0 saturated heterocycles. The van der Waals surface area contributed by atoms with Gasteiger partial charge in [0.15, 0.2) is 0 Å². The Morgan fingerprint density at radius 1 is 0.895 bits per heavy atom. The molecular weight excluding hydrogens is 474 g/mol. The molecule has 3 aromatic rings. The van der Waals surface area contributed by atoms with Gasteiger partial charge in [0.25, 0.3) is 0 Å². The largest absolute Gasteiger partial charge is 0.496 e. The Labute approximate surface area is 226 Å². The number of rotatable bonds is 14. The fourth-order valence-electron chi connectivity index (χ4n) is 3.86. The van der Waals surface area contributed by atoms with E-state index in [9.17, 15) is 0 Å². The molecule has 0 bridgehead atoms. The molecule has 0 unspecified atom stereocenters. The van der Waals surface area contributed by atoms with Gasteiger partial charge in [-0.15, -0.1) is 0 Å². The van der Waals surface area contributed by atoms with Gasteiger partial charge in [-0.25, -0.2) is 4.98 Å². The molecule has 38 heavy (non-hydrogen) atoms. The van der Waals surface area contributed by atoms with E-state index in [0.29, 0.717) is 19.8 Å². The van der Waals surface area contributed by atoms with Crippen molar-refractivity contribution in [2.45, 2.75) is 46.1 Å². The second-order valence-corrected chi connectivity index (χ2v) is 9.29. The highest BCUT2D eigenvalue weighted by Gasteiger charge is 2.09. The van der Waals surface area contributed by atoms with Crippen molar-refractivity contribution >= 4 is 5.82 Å². The first-order valence-corrected chi connectivity index (χ1v) is 13.2. The monoisotopic (exact) mass is 511 g/mol. The van der Waals surface area contributed by atoms with Crippen LogP contribution in [0.2, 0.25) is 0 Å². The van der Waals surface area contributed by atoms with Crippen LogP contribution in [0.15, 0.2) is 103 Å². The third-order valence-corrected chi connectivity index (χ3v) is 5.78. The quantitative estimate of drug-likeness (QED) is 0.239. The van der Waals surface area contributed by atoms with Crippen LogP contribution in [0, 0.1) is 0 Å². The fourth-order valence-corrected chi connectivity index (χ4v) is 3.86. The van der Waals surface area contributed by atoms with E-state index in [4.69, 9.17) is 14.2 Å². The smallest absolute Gasteiger partial charge is 0.126 e. The summed E-state index contributed by atoms with van der Waals surface area (Å²) < 4.78 is 17.9. The van der Waals surface area contributed by atoms with E-state index in [-0.39, 0.29) is 6.10 Å². The first-order valence-electron chi connectivity index (χ1n) is 13.2. The van der Waals surface area contributed by atoms with Crippen LogP contribution in [0.3, 0.4) is 0 Å². The minimum absolute atomic E-state index is 0.0812. The molecule has 1 aromatic heterocycles. The average Bonchev–Trinajstić information content (AvgIpc) is 3.21. The lowest BCUT2D eigenvalue weighted by Crippen LogP contribution is -2.19. The highest BCUT2D eigenvalue weighted by Crippen LogP contribution is 2.27. The summed E-state index contributed by atoms with van der Waals surface area (Å²) in [5, 5.41) is 6.83. The fraction of sp³-hybridized carbons (Fsp3) is 0.281. The van der Waals surface area contributed by atoms with Gasteiger partial charge >= 0.3 is 0 Å². The first-order chi connectivity index (χ1) is 18.7. The van der Waals surface area contributed by atoms with Gasteiger partial charge in [0.2, 0.25) is 0 Å². The standard InChI is InChI=1S/C32H37N3O3/c1-25(2)38-31-16-15-30(37-24-26-10-6-5-7-11-26)20-28(31)23-35-32-17-14-27(22-34-32)21-33-18-19-36-29-12-8-3-4-9-13-29/h3-12,14-17,20,22,25,33H,13,18-19,21,23-24H2,1-2H3,(H,34,35). The Morgan fingerprint density at radius 3 is 2.61 bits per heavy atom. The number of nitrogens with zero attached hydrogens (tertiary/aromatic N) is 1. The van der Waals surface area contributed by atoms with Gasteiger partial charge < -0.3 is 24.8 Å². The van der Waals surface area contributed by atoms with E-state index in [1.165, 1.54) is 0 Å². The summed E-state index contributed by atoms with van der Waals surface area (Å²) in [7, 11) is 0. The van der Waals surface area contributed by atoms with Crippen LogP contribution < -0.4 is 20.1 Å². The van der Waals surface area contributed by atoms with Crippen molar-refractivity contribution in [3.63, 3.8) is 0 Å². The summed E-state index contributed by atoms with van der Waals surface area (Å²) in [4.78, 5) is 4.59. The van der Waals surface area contributed by atoms with Crippen LogP contribution in [0.25, 0.3) is 0 Å². The molecule has 6 nitrogen and oxygen atoms in total. The number of aromatic nitrogens is 1. The van der Waals surface area contributed by atoms with Crippen molar-refractivity contribution in [2.75, 3.05) is 18.5 Å². The van der Waals surface area contributed by atoms with Crippen LogP contribution in [-0.4, -0.2) is 24.2 Å². The second kappa shape index (κ2) is 14.6. The molecule has 0 aliphatic heterocycles. The maximum atomic E-state index is 6.04. The zero-order chi connectivity index (χ0) is 26.4. The Bertz CT molecular complexity index is 1220. The normalized spacial score (nSPS) is 12.7. The molecule has 2 aromatic carbocycles. The number of hydrogen-bond acceptors (Lipinski definition) is 6. The zero-order valence-corrected chi connectivity index (χ0v) is 22.2. The summed E-state index contributed by atoms with van der Waals surface area (Å²) in [5.41, 5.74) is 3.27. The van der Waals surface area contributed by atoms with Gasteiger partial charge in [-0.2, -0.15) is 0 Å². The van der Waals surface area contributed by atoms with Crippen LogP contribution in [0.4, 0.5) is 5.82 Å². The van der Waals surface area contributed by atoms with Gasteiger partial charge in [0, 0.05) is 37.8 Å². The molecule has 0 atom stereocenters. The highest BCUT2D eigenvalue weighted by molar-refractivity contribution is 5.44. The van der Waals surface area contributed by atoms with Crippen molar-refractivity contribution in [3.8, 4) is 11.5 Å². The second-order valence-electron chi connectivity index (χ2n) is 9.29. The topological polar surface area (TPSA) is 64.6 Å². The summed E-state index contributed by atoms with van der Waals surface area (Å²) >= 11 is 0. The Morgan fingerprint density at radius 2 is 1.79 bits per heavy atom. The van der Waals surface area contributed by atoms with Crippen LogP contribution in [0.1, 0.15) is 37.0 Å². The van der Waals surface area contributed by atoms with Crippen molar-refractivity contribution in [3.05, 3.63) is 120 Å². The van der Waals surface area contributed by atoms with E-state index in [0.717, 1.165) is 59.3 Å². The summed E-state index contributed by atoms with van der Waals surface area (Å²) in [6.45, 7) is 7.30. The predicted octanol–water partition coefficient (Wildman–Crippen LogP) is 6.57. The molecule has 2 N–H and O–H groups in total. The Hall–Kier alpha value is -4.03. The zero-order valence-electron chi connectivity index (χ0n) is 22.2. The van der Waals surface area contributed by atoms with Crippen LogP contribution in [-0.2, 0) is 24.4 Å². The van der Waals surface area contributed by atoms with Gasteiger partial charge in [0.05, 0.1) is 11.9 Å². The highest BCUT2D eigenvalue weighted by atomic mass is 16.5. The molecule has 198 valence electrons. The van der Waals surface area contributed by atoms with E-state index >= 15 is 0 Å². The maximum absolute atomic E-state index is 6.04. The van der Waals surface area contributed by atoms with Gasteiger partial charge in [-0.3, -0.25) is 0 Å². The van der Waals surface area contributed by atoms with E-state index in [2.05, 4.69) is 39.9 Å². The van der Waals surface area contributed by atoms with Crippen molar-refractivity contribution in [1.82, 2.24) is 10.3 Å². The molecule has 4 rings (SSSR count). The molecule has 0 radical (unpaired) electrons. The van der Waals surface area contributed by atoms with Gasteiger partial charge in [-0.05, 0) is 55.3 Å². The Balaban J connectivity index is 1.25. The minimum Gasteiger partial charge on any atom is -0.496 e. The minimum atomic E-state index is 0.0812. The molecule has 1 aliphatic carbocycles. The molecule has 0 saturated carbocycles. The molecule has 0 fully saturated rings. The lowest BCUT2D eigenvalue weighted by molar-refractivity contribution is 0.208. The number of hydrogen-bond donors (Lipinski definition) is 2. The summed E-state index contributed by atoms with van der Waals surface area (Å²) in [6, 6.07) is 20.2. The van der Waals surface area contributed by atoms with E-state index in [1.54, 1.807) is 0 Å². The van der Waals surface area contributed by atoms with Crippen LogP contribution in [0.5, 0.6) is 11.5 Å². The molecule has 0 amide bonds. The number of pyridine rings is 1. The third kappa shape index (κ3) is 9.12. The number of ether oxygens (including phenoxy) is 3. The van der Waals surface area contributed by atoms with Gasteiger partial charge in [-0.1, -0.05) is 60.7 Å². The Kier molecular flexibility index (Phi) is 10.4. The van der Waals surface area contributed by atoms with Crippen LogP contribution >= 0.6 is 0 Å². The number of benzene rings is 2. The molecular formula is C32H37N3O3. The lowest BCUT2D eigenvalue weighted by atomic mass is 10.1. The number of nitrogens with one attached hydrogen (secondary N) is 2. The molecule has 1 aliphatic rings. The average molecular weight is 512 g/mol. The SMILES string of the molecule is CC(C)Oc1ccc(OCc2ccccc2)cc1CNc1ccc(CNCCOC2=CC=CC=CC2)cn1. The first kappa shape index (κ1) is 27.0.